The summed E-state index contributed by atoms with van der Waals surface area (Å²) in [6, 6.07) is 7.49. The number of piperazine rings is 1. The molecule has 1 aromatic carbocycles. The summed E-state index contributed by atoms with van der Waals surface area (Å²) < 4.78 is 0. The Hall–Kier alpha value is -2.06. The van der Waals surface area contributed by atoms with Crippen LogP contribution in [0.2, 0.25) is 0 Å². The molecule has 0 radical (unpaired) electrons. The molecule has 0 unspecified atom stereocenters. The van der Waals surface area contributed by atoms with Crippen LogP contribution in [0.15, 0.2) is 18.2 Å². The second kappa shape index (κ2) is 5.52. The Kier molecular flexibility index (Phi) is 3.80. The topological polar surface area (TPSA) is 68.2 Å². The number of nitrogens with one attached hydrogen (secondary N) is 2. The highest BCUT2D eigenvalue weighted by Gasteiger charge is 2.14. The molecule has 1 amide bonds. The zero-order valence-electron chi connectivity index (χ0n) is 10.4. The SMILES string of the molecule is CNC(=O)c1ccc(N2CCNCC2)cc1C#N. The molecule has 0 saturated carbocycles. The van der Waals surface area contributed by atoms with Crippen molar-refractivity contribution < 1.29 is 4.79 Å². The van der Waals surface area contributed by atoms with Crippen molar-refractivity contribution in [3.8, 4) is 6.07 Å². The molecular formula is C13H16N4O. The Bertz CT molecular complexity index is 486. The van der Waals surface area contributed by atoms with Crippen LogP contribution in [0.4, 0.5) is 5.69 Å². The maximum absolute atomic E-state index is 11.6. The molecule has 0 aromatic heterocycles. The lowest BCUT2D eigenvalue weighted by Gasteiger charge is -2.29. The van der Waals surface area contributed by atoms with Crippen molar-refractivity contribution in [1.82, 2.24) is 10.6 Å². The normalized spacial score (nSPS) is 15.0. The molecule has 1 aromatic rings. The summed E-state index contributed by atoms with van der Waals surface area (Å²) in [6.07, 6.45) is 0. The number of amides is 1. The maximum Gasteiger partial charge on any atom is 0.252 e. The van der Waals surface area contributed by atoms with Crippen molar-refractivity contribution in [2.45, 2.75) is 0 Å². The van der Waals surface area contributed by atoms with Crippen LogP contribution in [0.5, 0.6) is 0 Å². The molecule has 1 aliphatic heterocycles. The standard InChI is InChI=1S/C13H16N4O/c1-15-13(18)12-3-2-11(8-10(12)9-14)17-6-4-16-5-7-17/h2-3,8,16H,4-7H2,1H3,(H,15,18). The molecule has 1 aliphatic rings. The number of hydrogen-bond donors (Lipinski definition) is 2. The number of anilines is 1. The zero-order valence-corrected chi connectivity index (χ0v) is 10.4. The van der Waals surface area contributed by atoms with E-state index < -0.39 is 0 Å². The summed E-state index contributed by atoms with van der Waals surface area (Å²) >= 11 is 0. The molecule has 5 nitrogen and oxygen atoms in total. The molecule has 94 valence electrons. The van der Waals surface area contributed by atoms with Gasteiger partial charge in [-0.1, -0.05) is 0 Å². The van der Waals surface area contributed by atoms with Gasteiger partial charge >= 0.3 is 0 Å². The molecule has 1 heterocycles. The lowest BCUT2D eigenvalue weighted by molar-refractivity contribution is 0.0963. The molecule has 5 heteroatoms. The molecule has 1 fully saturated rings. The van der Waals surface area contributed by atoms with Crippen LogP contribution < -0.4 is 15.5 Å². The smallest absolute Gasteiger partial charge is 0.252 e. The summed E-state index contributed by atoms with van der Waals surface area (Å²) in [7, 11) is 1.56. The molecule has 0 bridgehead atoms. The monoisotopic (exact) mass is 244 g/mol. The molecule has 0 spiro atoms. The Morgan fingerprint density at radius 2 is 2.17 bits per heavy atom. The van der Waals surface area contributed by atoms with E-state index in [4.69, 9.17) is 5.26 Å². The van der Waals surface area contributed by atoms with Crippen molar-refractivity contribution in [3.63, 3.8) is 0 Å². The number of carbonyl (C=O) groups excluding carboxylic acids is 1. The fourth-order valence-corrected chi connectivity index (χ4v) is 2.08. The molecule has 0 aliphatic carbocycles. The Morgan fingerprint density at radius 3 is 2.78 bits per heavy atom. The third-order valence-electron chi connectivity index (χ3n) is 3.08. The minimum atomic E-state index is -0.224. The summed E-state index contributed by atoms with van der Waals surface area (Å²) in [5.74, 6) is -0.224. The van der Waals surface area contributed by atoms with Crippen molar-refractivity contribution in [3.05, 3.63) is 29.3 Å². The van der Waals surface area contributed by atoms with E-state index in [1.54, 1.807) is 19.2 Å². The summed E-state index contributed by atoms with van der Waals surface area (Å²) in [6.45, 7) is 3.73. The average molecular weight is 244 g/mol. The van der Waals surface area contributed by atoms with Gasteiger partial charge in [0.25, 0.3) is 5.91 Å². The number of benzene rings is 1. The molecular weight excluding hydrogens is 228 g/mol. The van der Waals surface area contributed by atoms with E-state index >= 15 is 0 Å². The second-order valence-electron chi connectivity index (χ2n) is 4.16. The fraction of sp³-hybridized carbons (Fsp3) is 0.385. The van der Waals surface area contributed by atoms with Crippen LogP contribution in [0.3, 0.4) is 0 Å². The van der Waals surface area contributed by atoms with Gasteiger partial charge in [0.05, 0.1) is 11.1 Å². The third-order valence-corrected chi connectivity index (χ3v) is 3.08. The van der Waals surface area contributed by atoms with Gasteiger partial charge in [-0.25, -0.2) is 0 Å². The molecule has 2 rings (SSSR count). The Labute approximate surface area is 106 Å². The first-order chi connectivity index (χ1) is 8.76. The number of rotatable bonds is 2. The van der Waals surface area contributed by atoms with Crippen LogP contribution in [0.1, 0.15) is 15.9 Å². The van der Waals surface area contributed by atoms with Crippen LogP contribution in [0.25, 0.3) is 0 Å². The van der Waals surface area contributed by atoms with Gasteiger partial charge in [-0.15, -0.1) is 0 Å². The first kappa shape index (κ1) is 12.4. The van der Waals surface area contributed by atoms with E-state index in [-0.39, 0.29) is 5.91 Å². The minimum absolute atomic E-state index is 0.224. The van der Waals surface area contributed by atoms with E-state index in [2.05, 4.69) is 21.6 Å². The van der Waals surface area contributed by atoms with Gasteiger partial charge in [-0.05, 0) is 18.2 Å². The van der Waals surface area contributed by atoms with E-state index in [1.807, 2.05) is 6.07 Å². The van der Waals surface area contributed by atoms with E-state index in [9.17, 15) is 4.79 Å². The first-order valence-corrected chi connectivity index (χ1v) is 5.98. The zero-order chi connectivity index (χ0) is 13.0. The van der Waals surface area contributed by atoms with Crippen LogP contribution in [-0.4, -0.2) is 39.1 Å². The predicted molar refractivity (Wildman–Crippen MR) is 69.6 cm³/mol. The molecule has 1 saturated heterocycles. The highest BCUT2D eigenvalue weighted by molar-refractivity contribution is 5.96. The third kappa shape index (κ3) is 2.44. The number of nitriles is 1. The Morgan fingerprint density at radius 1 is 1.44 bits per heavy atom. The van der Waals surface area contributed by atoms with Gasteiger partial charge in [0, 0.05) is 38.9 Å². The fourth-order valence-electron chi connectivity index (χ4n) is 2.08. The quantitative estimate of drug-likeness (QED) is 0.786. The average Bonchev–Trinajstić information content (AvgIpc) is 2.46. The summed E-state index contributed by atoms with van der Waals surface area (Å²) in [4.78, 5) is 13.8. The van der Waals surface area contributed by atoms with Gasteiger partial charge in [-0.2, -0.15) is 5.26 Å². The van der Waals surface area contributed by atoms with Gasteiger partial charge in [-0.3, -0.25) is 4.79 Å². The largest absolute Gasteiger partial charge is 0.369 e. The molecule has 18 heavy (non-hydrogen) atoms. The lowest BCUT2D eigenvalue weighted by Crippen LogP contribution is -2.43. The summed E-state index contributed by atoms with van der Waals surface area (Å²) in [5, 5.41) is 14.9. The van der Waals surface area contributed by atoms with Crippen molar-refractivity contribution in [2.24, 2.45) is 0 Å². The van der Waals surface area contributed by atoms with E-state index in [0.29, 0.717) is 11.1 Å². The van der Waals surface area contributed by atoms with Crippen LogP contribution in [0, 0.1) is 11.3 Å². The highest BCUT2D eigenvalue weighted by atomic mass is 16.1. The lowest BCUT2D eigenvalue weighted by atomic mass is 10.1. The van der Waals surface area contributed by atoms with Gasteiger partial charge in [0.15, 0.2) is 0 Å². The predicted octanol–water partition coefficient (Wildman–Crippen LogP) is 0.327. The maximum atomic E-state index is 11.6. The number of hydrogen-bond acceptors (Lipinski definition) is 4. The second-order valence-corrected chi connectivity index (χ2v) is 4.16. The number of nitrogens with zero attached hydrogens (tertiary/aromatic N) is 2. The minimum Gasteiger partial charge on any atom is -0.369 e. The van der Waals surface area contributed by atoms with Crippen LogP contribution >= 0.6 is 0 Å². The van der Waals surface area contributed by atoms with E-state index in [0.717, 1.165) is 31.9 Å². The van der Waals surface area contributed by atoms with Gasteiger partial charge < -0.3 is 15.5 Å². The Balaban J connectivity index is 2.29. The highest BCUT2D eigenvalue weighted by Crippen LogP contribution is 2.19. The molecule has 0 atom stereocenters. The van der Waals surface area contributed by atoms with Crippen LogP contribution in [-0.2, 0) is 0 Å². The number of carbonyl (C=O) groups is 1. The van der Waals surface area contributed by atoms with Crippen molar-refractivity contribution >= 4 is 11.6 Å². The van der Waals surface area contributed by atoms with Gasteiger partial charge in [0.1, 0.15) is 6.07 Å². The first-order valence-electron chi connectivity index (χ1n) is 5.98. The van der Waals surface area contributed by atoms with E-state index in [1.165, 1.54) is 0 Å². The van der Waals surface area contributed by atoms with Crippen molar-refractivity contribution in [2.75, 3.05) is 38.1 Å². The summed E-state index contributed by atoms with van der Waals surface area (Å²) in [5.41, 5.74) is 1.85. The molecule has 2 N–H and O–H groups in total. The van der Waals surface area contributed by atoms with Crippen molar-refractivity contribution in [1.29, 1.82) is 5.26 Å². The van der Waals surface area contributed by atoms with Gasteiger partial charge in [0.2, 0.25) is 0 Å².